The molecule has 1 fully saturated rings. The van der Waals surface area contributed by atoms with E-state index in [0.717, 1.165) is 17.4 Å². The zero-order chi connectivity index (χ0) is 30.9. The highest BCUT2D eigenvalue weighted by atomic mass is 35.5. The molecule has 1 amide bonds. The number of carbonyl (C=O) groups excluding carboxylic acids is 2. The van der Waals surface area contributed by atoms with Crippen LogP contribution < -0.4 is 0 Å². The van der Waals surface area contributed by atoms with Crippen LogP contribution in [0.3, 0.4) is 0 Å². The minimum atomic E-state index is -3.59. The summed E-state index contributed by atoms with van der Waals surface area (Å²) in [7, 11) is -6.67. The number of nitrogens with one attached hydrogen (secondary N) is 1. The minimum Gasteiger partial charge on any atom is -0.330 e. The Balaban J connectivity index is 2.29. The van der Waals surface area contributed by atoms with Gasteiger partial charge >= 0.3 is 0 Å². The van der Waals surface area contributed by atoms with Gasteiger partial charge in [0.15, 0.2) is 9.84 Å². The summed E-state index contributed by atoms with van der Waals surface area (Å²) in [5, 5.41) is 0.626. The van der Waals surface area contributed by atoms with Crippen molar-refractivity contribution >= 4 is 54.5 Å². The molecule has 5 atom stereocenters. The minimum absolute atomic E-state index is 0.0339. The molecule has 7 nitrogen and oxygen atoms in total. The van der Waals surface area contributed by atoms with Crippen LogP contribution >= 0.6 is 23.2 Å². The van der Waals surface area contributed by atoms with Gasteiger partial charge < -0.3 is 4.90 Å². The van der Waals surface area contributed by atoms with Crippen molar-refractivity contribution in [3.63, 3.8) is 0 Å². The Hall–Kier alpha value is -1.94. The maximum absolute atomic E-state index is 14.7. The zero-order valence-electron chi connectivity index (χ0n) is 24.4. The SMILES string of the molecule is CC(C)[C@@H](CS(=N)(=O)C(C)C)N1C(=O)[C@@](C)(CC(=O)CS(C)(=O)=O)C[C@H](c2cccc(Cl)c2)[C@H]1c1ccc(Cl)cc1. The Bertz CT molecular complexity index is 1490. The van der Waals surface area contributed by atoms with Gasteiger partial charge in [-0.3, -0.25) is 14.4 Å². The van der Waals surface area contributed by atoms with Crippen molar-refractivity contribution < 1.29 is 22.2 Å². The lowest BCUT2D eigenvalue weighted by Crippen LogP contribution is -2.59. The predicted octanol–water partition coefficient (Wildman–Crippen LogP) is 6.54. The molecule has 2 aromatic rings. The van der Waals surface area contributed by atoms with E-state index in [1.165, 1.54) is 0 Å². The average molecular weight is 644 g/mol. The molecule has 41 heavy (non-hydrogen) atoms. The Morgan fingerprint density at radius 1 is 1.02 bits per heavy atom. The molecule has 0 aliphatic carbocycles. The van der Waals surface area contributed by atoms with Crippen LogP contribution in [-0.2, 0) is 29.2 Å². The van der Waals surface area contributed by atoms with Crippen molar-refractivity contribution in [1.82, 2.24) is 4.90 Å². The molecule has 0 spiro atoms. The van der Waals surface area contributed by atoms with Gasteiger partial charge in [0.05, 0.1) is 17.2 Å². The lowest BCUT2D eigenvalue weighted by Gasteiger charge is -2.53. The Labute approximate surface area is 254 Å². The number of hydrogen-bond donors (Lipinski definition) is 1. The summed E-state index contributed by atoms with van der Waals surface area (Å²) in [6.07, 6.45) is 1.00. The van der Waals surface area contributed by atoms with Crippen LogP contribution in [0.5, 0.6) is 0 Å². The highest BCUT2D eigenvalue weighted by Gasteiger charge is 2.53. The van der Waals surface area contributed by atoms with E-state index in [2.05, 4.69) is 0 Å². The molecule has 1 aliphatic heterocycles. The van der Waals surface area contributed by atoms with E-state index in [1.54, 1.807) is 43.9 Å². The summed E-state index contributed by atoms with van der Waals surface area (Å²) in [6.45, 7) is 9.05. The largest absolute Gasteiger partial charge is 0.330 e. The highest BCUT2D eigenvalue weighted by molar-refractivity contribution is 7.93. The molecule has 3 rings (SSSR count). The first kappa shape index (κ1) is 33.6. The third-order valence-electron chi connectivity index (χ3n) is 7.91. The summed E-state index contributed by atoms with van der Waals surface area (Å²) in [4.78, 5) is 29.4. The number of Topliss-reactive ketones (excluding diaryl/α,β-unsaturated/α-hetero) is 1. The maximum Gasteiger partial charge on any atom is 0.229 e. The van der Waals surface area contributed by atoms with Crippen LogP contribution in [0.1, 0.15) is 70.5 Å². The molecule has 1 aliphatic rings. The van der Waals surface area contributed by atoms with Gasteiger partial charge in [0.1, 0.15) is 11.5 Å². The summed E-state index contributed by atoms with van der Waals surface area (Å²) < 4.78 is 46.1. The fourth-order valence-corrected chi connectivity index (χ4v) is 8.18. The first-order chi connectivity index (χ1) is 18.8. The van der Waals surface area contributed by atoms with Crippen LogP contribution in [0.25, 0.3) is 0 Å². The zero-order valence-corrected chi connectivity index (χ0v) is 27.5. The highest BCUT2D eigenvalue weighted by Crippen LogP contribution is 2.52. The third-order valence-corrected chi connectivity index (χ3v) is 11.6. The Kier molecular flexibility index (Phi) is 10.4. The molecule has 0 saturated carbocycles. The van der Waals surface area contributed by atoms with E-state index in [1.807, 2.05) is 44.2 Å². The van der Waals surface area contributed by atoms with Gasteiger partial charge in [0.25, 0.3) is 0 Å². The topological polar surface area (TPSA) is 112 Å². The lowest BCUT2D eigenvalue weighted by molar-refractivity contribution is -0.157. The molecule has 1 N–H and O–H groups in total. The van der Waals surface area contributed by atoms with E-state index in [-0.39, 0.29) is 36.3 Å². The number of piperidine rings is 1. The number of amides is 1. The number of sulfone groups is 1. The standard InChI is InChI=1S/C30H40Cl2N2O5S2/c1-19(2)27(18-41(33,39)20(3)4)34-28(21-10-12-23(31)13-11-21)26(22-8-7-9-24(32)14-22)16-30(5,29(34)36)15-25(35)17-40(6,37)38/h7-14,19-20,26-28,33H,15-18H2,1-6H3/t26-,27-,28-,30+,41?/m1/s1. The van der Waals surface area contributed by atoms with Gasteiger partial charge in [0, 0.05) is 49.7 Å². The third kappa shape index (κ3) is 8.12. The average Bonchev–Trinajstić information content (AvgIpc) is 2.83. The van der Waals surface area contributed by atoms with Gasteiger partial charge in [0.2, 0.25) is 5.91 Å². The Morgan fingerprint density at radius 2 is 1.63 bits per heavy atom. The summed E-state index contributed by atoms with van der Waals surface area (Å²) >= 11 is 12.7. The number of benzene rings is 2. The molecule has 2 aromatic carbocycles. The molecule has 0 aromatic heterocycles. The van der Waals surface area contributed by atoms with E-state index in [9.17, 15) is 22.2 Å². The maximum atomic E-state index is 14.7. The predicted molar refractivity (Wildman–Crippen MR) is 167 cm³/mol. The van der Waals surface area contributed by atoms with Gasteiger partial charge in [-0.2, -0.15) is 0 Å². The first-order valence-electron chi connectivity index (χ1n) is 13.6. The number of hydrogen-bond acceptors (Lipinski definition) is 6. The summed E-state index contributed by atoms with van der Waals surface area (Å²) in [5.41, 5.74) is 0.421. The second kappa shape index (κ2) is 12.7. The molecular formula is C30H40Cl2N2O5S2. The van der Waals surface area contributed by atoms with Gasteiger partial charge in [-0.15, -0.1) is 0 Å². The number of rotatable bonds is 11. The second-order valence-corrected chi connectivity index (χ2v) is 17.9. The van der Waals surface area contributed by atoms with Crippen molar-refractivity contribution in [2.75, 3.05) is 17.8 Å². The van der Waals surface area contributed by atoms with Crippen LogP contribution in [-0.4, -0.2) is 58.3 Å². The molecule has 0 bridgehead atoms. The first-order valence-corrected chi connectivity index (χ1v) is 18.2. The quantitative estimate of drug-likeness (QED) is 0.299. The lowest BCUT2D eigenvalue weighted by atomic mass is 9.66. The van der Waals surface area contributed by atoms with Gasteiger partial charge in [-0.05, 0) is 47.7 Å². The second-order valence-electron chi connectivity index (χ2n) is 12.2. The van der Waals surface area contributed by atoms with Crippen LogP contribution in [0.15, 0.2) is 48.5 Å². The smallest absolute Gasteiger partial charge is 0.229 e. The molecule has 1 heterocycles. The number of likely N-dealkylation sites (tertiary alicyclic amines) is 1. The Morgan fingerprint density at radius 3 is 2.15 bits per heavy atom. The molecule has 11 heteroatoms. The number of ketones is 1. The number of halogens is 2. The van der Waals surface area contributed by atoms with E-state index < -0.39 is 53.9 Å². The van der Waals surface area contributed by atoms with Gasteiger partial charge in [-0.25, -0.2) is 12.6 Å². The van der Waals surface area contributed by atoms with Crippen molar-refractivity contribution in [1.29, 1.82) is 4.78 Å². The van der Waals surface area contributed by atoms with Crippen molar-refractivity contribution in [2.45, 2.75) is 70.7 Å². The molecular weight excluding hydrogens is 603 g/mol. The van der Waals surface area contributed by atoms with E-state index in [4.69, 9.17) is 28.0 Å². The van der Waals surface area contributed by atoms with E-state index >= 15 is 0 Å². The van der Waals surface area contributed by atoms with Crippen LogP contribution in [0.4, 0.5) is 0 Å². The molecule has 0 radical (unpaired) electrons. The monoisotopic (exact) mass is 642 g/mol. The van der Waals surface area contributed by atoms with Crippen molar-refractivity contribution in [3.8, 4) is 0 Å². The molecule has 1 unspecified atom stereocenters. The summed E-state index contributed by atoms with van der Waals surface area (Å²) in [5.74, 6) is -2.06. The normalized spacial score (nSPS) is 24.0. The van der Waals surface area contributed by atoms with Crippen LogP contribution in [0.2, 0.25) is 10.0 Å². The fourth-order valence-electron chi connectivity index (χ4n) is 5.73. The number of nitrogens with zero attached hydrogens (tertiary/aromatic N) is 1. The molecule has 1 saturated heterocycles. The molecule has 226 valence electrons. The van der Waals surface area contributed by atoms with Crippen molar-refractivity contribution in [3.05, 3.63) is 69.7 Å². The fraction of sp³-hybridized carbons (Fsp3) is 0.533. The van der Waals surface area contributed by atoms with Crippen molar-refractivity contribution in [2.24, 2.45) is 11.3 Å². The van der Waals surface area contributed by atoms with E-state index in [0.29, 0.717) is 10.0 Å². The number of carbonyl (C=O) groups is 2. The van der Waals surface area contributed by atoms with Gasteiger partial charge in [-0.1, -0.05) is 82.1 Å². The van der Waals surface area contributed by atoms with Crippen LogP contribution in [0, 0.1) is 16.1 Å². The summed E-state index contributed by atoms with van der Waals surface area (Å²) in [6, 6.07) is 13.5.